The molecule has 0 aromatic rings. The van der Waals surface area contributed by atoms with Gasteiger partial charge in [0.2, 0.25) is 0 Å². The monoisotopic (exact) mass is 192 g/mol. The topological polar surface area (TPSA) is 0 Å². The zero-order valence-electron chi connectivity index (χ0n) is 6.82. The van der Waals surface area contributed by atoms with E-state index in [4.69, 9.17) is 0 Å². The fraction of sp³-hybridized carbons (Fsp3) is 0.200. The summed E-state index contributed by atoms with van der Waals surface area (Å²) in [4.78, 5) is 0. The number of allylic oxidation sites excluding steroid dienone is 6. The van der Waals surface area contributed by atoms with E-state index < -0.39 is 0 Å². The molecule has 0 fully saturated rings. The third-order valence-electron chi connectivity index (χ3n) is 1.13. The first-order valence-electron chi connectivity index (χ1n) is 3.45. The van der Waals surface area contributed by atoms with Crippen LogP contribution < -0.4 is 0 Å². The normalized spacial score (nSPS) is 13.5. The largest absolute Gasteiger partial charge is 2.00 e. The molecule has 0 saturated carbocycles. The smallest absolute Gasteiger partial charge is 0.346 e. The molecular weight excluding hydrogens is 179 g/mol. The summed E-state index contributed by atoms with van der Waals surface area (Å²) >= 11 is 0. The fourth-order valence-corrected chi connectivity index (χ4v) is 0.739. The minimum atomic E-state index is 0. The van der Waals surface area contributed by atoms with Gasteiger partial charge < -0.3 is 6.92 Å². The summed E-state index contributed by atoms with van der Waals surface area (Å²) in [5.41, 5.74) is 1.35. The number of hydrogen-bond donors (Lipinski definition) is 0. The Labute approximate surface area is 80.0 Å². The summed E-state index contributed by atoms with van der Waals surface area (Å²) in [5, 5.41) is 0. The maximum atomic E-state index is 3.60. The second-order valence-electron chi connectivity index (χ2n) is 1.78. The molecule has 0 radical (unpaired) electrons. The molecule has 0 aromatic heterocycles. The average Bonchev–Trinajstić information content (AvgIpc) is 2.46. The van der Waals surface area contributed by atoms with Gasteiger partial charge in [0.1, 0.15) is 0 Å². The first-order chi connectivity index (χ1) is 4.93. The minimum Gasteiger partial charge on any atom is -0.346 e. The predicted molar refractivity (Wildman–Crippen MR) is 47.4 cm³/mol. The molecule has 64 valence electrons. The Morgan fingerprint density at radius 1 is 1.45 bits per heavy atom. The van der Waals surface area contributed by atoms with E-state index in [1.165, 1.54) is 5.57 Å². The van der Waals surface area contributed by atoms with Crippen molar-refractivity contribution in [3.8, 4) is 0 Å². The molecule has 0 heterocycles. The molecule has 0 spiro atoms. The van der Waals surface area contributed by atoms with Crippen molar-refractivity contribution in [3.05, 3.63) is 49.8 Å². The van der Waals surface area contributed by atoms with Crippen molar-refractivity contribution in [1.82, 2.24) is 0 Å². The van der Waals surface area contributed by atoms with Crippen LogP contribution in [0.1, 0.15) is 13.3 Å². The van der Waals surface area contributed by atoms with Crippen molar-refractivity contribution in [2.45, 2.75) is 13.3 Å². The fourth-order valence-electron chi connectivity index (χ4n) is 0.739. The van der Waals surface area contributed by atoms with E-state index in [0.717, 1.165) is 6.42 Å². The molecule has 0 atom stereocenters. The summed E-state index contributed by atoms with van der Waals surface area (Å²) in [6, 6.07) is 0. The van der Waals surface area contributed by atoms with Crippen LogP contribution in [0.5, 0.6) is 0 Å². The predicted octanol–water partition coefficient (Wildman–Crippen LogP) is 3.10. The Bertz CT molecular complexity index is 152. The van der Waals surface area contributed by atoms with Crippen molar-refractivity contribution in [3.63, 3.8) is 0 Å². The maximum absolute atomic E-state index is 3.60. The van der Waals surface area contributed by atoms with Gasteiger partial charge in [-0.25, -0.2) is 19.1 Å². The summed E-state index contributed by atoms with van der Waals surface area (Å²) in [6.45, 7) is 8.60. The molecule has 1 heteroatoms. The Morgan fingerprint density at radius 3 is 2.45 bits per heavy atom. The molecule has 0 saturated heterocycles. The minimum absolute atomic E-state index is 0. The van der Waals surface area contributed by atoms with E-state index >= 15 is 0 Å². The van der Waals surface area contributed by atoms with Crippen LogP contribution in [-0.2, 0) is 16.5 Å². The van der Waals surface area contributed by atoms with Crippen molar-refractivity contribution < 1.29 is 16.5 Å². The summed E-state index contributed by atoms with van der Waals surface area (Å²) in [7, 11) is 0. The SMILES string of the molecule is [CH2-]C.[CH2-]C=CC1=CC=CC1.[Ni+2]. The third kappa shape index (κ3) is 6.00. The van der Waals surface area contributed by atoms with Crippen LogP contribution in [0.15, 0.2) is 36.0 Å². The Kier molecular flexibility index (Phi) is 11.5. The van der Waals surface area contributed by atoms with Gasteiger partial charge in [0.25, 0.3) is 0 Å². The molecule has 1 aliphatic rings. The van der Waals surface area contributed by atoms with E-state index in [1.807, 2.05) is 12.2 Å². The number of hydrogen-bond acceptors (Lipinski definition) is 0. The average molecular weight is 193 g/mol. The first kappa shape index (κ1) is 13.2. The second kappa shape index (κ2) is 9.58. The third-order valence-corrected chi connectivity index (χ3v) is 1.13. The van der Waals surface area contributed by atoms with Crippen molar-refractivity contribution >= 4 is 0 Å². The van der Waals surface area contributed by atoms with Gasteiger partial charge in [0.15, 0.2) is 0 Å². The van der Waals surface area contributed by atoms with Crippen LogP contribution in [0.3, 0.4) is 0 Å². The van der Waals surface area contributed by atoms with Gasteiger partial charge in [-0.2, -0.15) is 6.92 Å². The first-order valence-corrected chi connectivity index (χ1v) is 3.45. The van der Waals surface area contributed by atoms with Gasteiger partial charge in [-0.05, 0) is 6.42 Å². The van der Waals surface area contributed by atoms with E-state index in [2.05, 4.69) is 32.1 Å². The Morgan fingerprint density at radius 2 is 2.09 bits per heavy atom. The molecule has 0 unspecified atom stereocenters. The van der Waals surface area contributed by atoms with Crippen LogP contribution in [0.25, 0.3) is 0 Å². The molecule has 0 bridgehead atoms. The van der Waals surface area contributed by atoms with Crippen LogP contribution >= 0.6 is 0 Å². The zero-order chi connectivity index (χ0) is 7.82. The number of rotatable bonds is 1. The molecule has 1 aliphatic carbocycles. The van der Waals surface area contributed by atoms with E-state index in [1.54, 1.807) is 6.92 Å². The van der Waals surface area contributed by atoms with Gasteiger partial charge >= 0.3 is 16.5 Å². The quantitative estimate of drug-likeness (QED) is 0.443. The summed E-state index contributed by atoms with van der Waals surface area (Å²) < 4.78 is 0. The Balaban J connectivity index is 0. The molecular formula is C10H14Ni. The van der Waals surface area contributed by atoms with Gasteiger partial charge in [-0.3, -0.25) is 0 Å². The maximum Gasteiger partial charge on any atom is 2.00 e. The molecule has 0 aromatic carbocycles. The van der Waals surface area contributed by atoms with Crippen LogP contribution in [-0.4, -0.2) is 0 Å². The van der Waals surface area contributed by atoms with Crippen LogP contribution in [0.2, 0.25) is 0 Å². The van der Waals surface area contributed by atoms with Gasteiger partial charge in [0.05, 0.1) is 0 Å². The van der Waals surface area contributed by atoms with E-state index in [0.29, 0.717) is 0 Å². The summed E-state index contributed by atoms with van der Waals surface area (Å²) in [6.07, 6.45) is 11.2. The standard InChI is InChI=1S/C8H9.C2H5.Ni/c1-2-5-8-6-3-4-7-8;1-2;/h2-6H,1,7H2;1H2,2H3;/q2*-1;+2. The molecule has 0 aliphatic heterocycles. The van der Waals surface area contributed by atoms with E-state index in [9.17, 15) is 0 Å². The van der Waals surface area contributed by atoms with E-state index in [-0.39, 0.29) is 16.5 Å². The molecule has 11 heavy (non-hydrogen) atoms. The van der Waals surface area contributed by atoms with Gasteiger partial charge in [-0.1, -0.05) is 18.2 Å². The summed E-state index contributed by atoms with van der Waals surface area (Å²) in [5.74, 6) is 0. The molecule has 0 nitrogen and oxygen atoms in total. The van der Waals surface area contributed by atoms with Crippen molar-refractivity contribution in [2.24, 2.45) is 0 Å². The second-order valence-corrected chi connectivity index (χ2v) is 1.78. The van der Waals surface area contributed by atoms with Gasteiger partial charge in [-0.15, -0.1) is 5.57 Å². The molecule has 0 amide bonds. The zero-order valence-corrected chi connectivity index (χ0v) is 7.81. The van der Waals surface area contributed by atoms with Crippen molar-refractivity contribution in [2.75, 3.05) is 0 Å². The van der Waals surface area contributed by atoms with Crippen molar-refractivity contribution in [1.29, 1.82) is 0 Å². The van der Waals surface area contributed by atoms with Crippen LogP contribution in [0, 0.1) is 13.8 Å². The van der Waals surface area contributed by atoms with Gasteiger partial charge in [0, 0.05) is 0 Å². The molecule has 1 rings (SSSR count). The van der Waals surface area contributed by atoms with Crippen LogP contribution in [0.4, 0.5) is 0 Å². The Hall–Kier alpha value is -0.416. The molecule has 0 N–H and O–H groups in total.